The number of halogens is 1. The number of hydrogen-bond acceptors (Lipinski definition) is 3. The van der Waals surface area contributed by atoms with Gasteiger partial charge in [-0.05, 0) is 46.8 Å². The number of rotatable bonds is 6. The minimum atomic E-state index is 0.423. The Hall–Kier alpha value is -0.260. The van der Waals surface area contributed by atoms with Crippen LogP contribution in [0.15, 0.2) is 22.7 Å². The number of thioether (sulfide) groups is 1. The normalized spacial score (nSPS) is 12.2. The van der Waals surface area contributed by atoms with Crippen molar-refractivity contribution in [2.45, 2.75) is 19.4 Å². The molecule has 0 aromatic heterocycles. The van der Waals surface area contributed by atoms with E-state index >= 15 is 0 Å². The lowest BCUT2D eigenvalue weighted by Crippen LogP contribution is -2.33. The maximum absolute atomic E-state index is 5.66. The number of benzene rings is 1. The molecule has 0 heterocycles. The predicted molar refractivity (Wildman–Crippen MR) is 90.9 cm³/mol. The Morgan fingerprint density at radius 2 is 2.22 bits per heavy atom. The average Bonchev–Trinajstić information content (AvgIpc) is 2.34. The van der Waals surface area contributed by atoms with E-state index in [4.69, 9.17) is 18.0 Å². The molecular formula is C13H19BrN2S2. The summed E-state index contributed by atoms with van der Waals surface area (Å²) in [5.74, 6) is 1.13. The molecule has 0 bridgehead atoms. The fourth-order valence-electron chi connectivity index (χ4n) is 1.83. The monoisotopic (exact) mass is 346 g/mol. The second kappa shape index (κ2) is 7.36. The van der Waals surface area contributed by atoms with Crippen molar-refractivity contribution in [1.29, 1.82) is 0 Å². The van der Waals surface area contributed by atoms with Crippen molar-refractivity contribution in [2.24, 2.45) is 5.73 Å². The number of nitrogens with zero attached hydrogens (tertiary/aromatic N) is 1. The molecule has 2 nitrogen and oxygen atoms in total. The standard InChI is InChI=1S/C13H19BrN2S2/c1-4-9(8-18-3)16(2)10-5-6-11(13(15)17)12(14)7-10/h5-7,9H,4,8H2,1-3H3,(H2,15,17). The SMILES string of the molecule is CCC(CSC)N(C)c1ccc(C(N)=S)c(Br)c1. The van der Waals surface area contributed by atoms with Crippen molar-refractivity contribution in [3.05, 3.63) is 28.2 Å². The minimum absolute atomic E-state index is 0.423. The molecule has 5 heteroatoms. The molecule has 0 aliphatic rings. The Morgan fingerprint density at radius 1 is 1.56 bits per heavy atom. The summed E-state index contributed by atoms with van der Waals surface area (Å²) in [5.41, 5.74) is 7.73. The van der Waals surface area contributed by atoms with E-state index in [9.17, 15) is 0 Å². The van der Waals surface area contributed by atoms with Gasteiger partial charge in [0.1, 0.15) is 4.99 Å². The van der Waals surface area contributed by atoms with Crippen LogP contribution in [-0.2, 0) is 0 Å². The molecule has 18 heavy (non-hydrogen) atoms. The lowest BCUT2D eigenvalue weighted by molar-refractivity contribution is 0.673. The summed E-state index contributed by atoms with van der Waals surface area (Å²) in [7, 11) is 2.13. The van der Waals surface area contributed by atoms with Crippen molar-refractivity contribution in [3.8, 4) is 0 Å². The number of nitrogens with two attached hydrogens (primary N) is 1. The van der Waals surface area contributed by atoms with Gasteiger partial charge in [0.2, 0.25) is 0 Å². The second-order valence-electron chi connectivity index (χ2n) is 4.16. The third-order valence-corrected chi connectivity index (χ3v) is 4.60. The van der Waals surface area contributed by atoms with Gasteiger partial charge in [-0.15, -0.1) is 0 Å². The fraction of sp³-hybridized carbons (Fsp3) is 0.462. The maximum Gasteiger partial charge on any atom is 0.105 e. The van der Waals surface area contributed by atoms with Crippen LogP contribution in [0.4, 0.5) is 5.69 Å². The van der Waals surface area contributed by atoms with Crippen molar-refractivity contribution in [1.82, 2.24) is 0 Å². The quantitative estimate of drug-likeness (QED) is 0.796. The molecular weight excluding hydrogens is 328 g/mol. The zero-order chi connectivity index (χ0) is 13.7. The Bertz CT molecular complexity index is 423. The highest BCUT2D eigenvalue weighted by molar-refractivity contribution is 9.10. The number of hydrogen-bond donors (Lipinski definition) is 1. The summed E-state index contributed by atoms with van der Waals surface area (Å²) in [6, 6.07) is 6.67. The van der Waals surface area contributed by atoms with Crippen LogP contribution in [0.3, 0.4) is 0 Å². The Labute approximate surface area is 127 Å². The van der Waals surface area contributed by atoms with E-state index in [2.05, 4.69) is 53.2 Å². The first kappa shape index (κ1) is 15.8. The molecule has 1 aromatic rings. The van der Waals surface area contributed by atoms with Crippen molar-refractivity contribution < 1.29 is 0 Å². The first-order valence-electron chi connectivity index (χ1n) is 5.82. The van der Waals surface area contributed by atoms with Gasteiger partial charge in [0.25, 0.3) is 0 Å². The lowest BCUT2D eigenvalue weighted by Gasteiger charge is -2.29. The lowest BCUT2D eigenvalue weighted by atomic mass is 10.1. The zero-order valence-electron chi connectivity index (χ0n) is 10.9. The van der Waals surface area contributed by atoms with Gasteiger partial charge >= 0.3 is 0 Å². The molecule has 0 spiro atoms. The molecule has 1 atom stereocenters. The number of anilines is 1. The summed E-state index contributed by atoms with van der Waals surface area (Å²) in [5, 5.41) is 0. The van der Waals surface area contributed by atoms with Gasteiger partial charge in [-0.25, -0.2) is 0 Å². The topological polar surface area (TPSA) is 29.3 Å². The molecule has 2 N–H and O–H groups in total. The van der Waals surface area contributed by atoms with Crippen LogP contribution >= 0.6 is 39.9 Å². The molecule has 0 saturated heterocycles. The molecule has 0 amide bonds. The Balaban J connectivity index is 2.96. The molecule has 100 valence electrons. The van der Waals surface area contributed by atoms with Crippen LogP contribution in [0.25, 0.3) is 0 Å². The highest BCUT2D eigenvalue weighted by Gasteiger charge is 2.14. The fourth-order valence-corrected chi connectivity index (χ4v) is 3.56. The van der Waals surface area contributed by atoms with Gasteiger partial charge in [0.05, 0.1) is 0 Å². The molecule has 0 saturated carbocycles. The van der Waals surface area contributed by atoms with E-state index < -0.39 is 0 Å². The molecule has 0 fully saturated rings. The van der Waals surface area contributed by atoms with Gasteiger partial charge in [0, 0.05) is 34.6 Å². The van der Waals surface area contributed by atoms with Crippen LogP contribution in [0.1, 0.15) is 18.9 Å². The van der Waals surface area contributed by atoms with Gasteiger partial charge in [-0.3, -0.25) is 0 Å². The molecule has 0 radical (unpaired) electrons. The Morgan fingerprint density at radius 3 is 2.67 bits per heavy atom. The van der Waals surface area contributed by atoms with Crippen molar-refractivity contribution >= 4 is 50.6 Å². The highest BCUT2D eigenvalue weighted by Crippen LogP contribution is 2.26. The summed E-state index contributed by atoms with van der Waals surface area (Å²) in [4.78, 5) is 2.73. The van der Waals surface area contributed by atoms with Gasteiger partial charge in [0.15, 0.2) is 0 Å². The van der Waals surface area contributed by atoms with Crippen LogP contribution in [0.5, 0.6) is 0 Å². The van der Waals surface area contributed by atoms with Crippen LogP contribution in [-0.4, -0.2) is 30.1 Å². The van der Waals surface area contributed by atoms with Crippen LogP contribution in [0.2, 0.25) is 0 Å². The molecule has 0 aliphatic heterocycles. The average molecular weight is 347 g/mol. The summed E-state index contributed by atoms with van der Waals surface area (Å²) in [6.07, 6.45) is 3.27. The van der Waals surface area contributed by atoms with E-state index in [0.29, 0.717) is 11.0 Å². The van der Waals surface area contributed by atoms with E-state index in [1.54, 1.807) is 0 Å². The van der Waals surface area contributed by atoms with Crippen LogP contribution in [0, 0.1) is 0 Å². The smallest absolute Gasteiger partial charge is 0.105 e. The summed E-state index contributed by atoms with van der Waals surface area (Å²) >= 11 is 10.4. The first-order chi connectivity index (χ1) is 8.51. The number of thiocarbonyl (C=S) groups is 1. The molecule has 1 aromatic carbocycles. The van der Waals surface area contributed by atoms with E-state index in [-0.39, 0.29) is 0 Å². The van der Waals surface area contributed by atoms with Crippen LogP contribution < -0.4 is 10.6 Å². The van der Waals surface area contributed by atoms with E-state index in [1.807, 2.05) is 17.8 Å². The predicted octanol–water partition coefficient (Wildman–Crippen LogP) is 3.66. The third-order valence-electron chi connectivity index (χ3n) is 3.00. The zero-order valence-corrected chi connectivity index (χ0v) is 14.2. The summed E-state index contributed by atoms with van der Waals surface area (Å²) in [6.45, 7) is 2.22. The van der Waals surface area contributed by atoms with Gasteiger partial charge in [-0.2, -0.15) is 11.8 Å². The second-order valence-corrected chi connectivity index (χ2v) is 6.36. The molecule has 1 rings (SSSR count). The van der Waals surface area contributed by atoms with Crippen molar-refractivity contribution in [2.75, 3.05) is 24.0 Å². The molecule has 1 unspecified atom stereocenters. The molecule has 0 aliphatic carbocycles. The van der Waals surface area contributed by atoms with E-state index in [0.717, 1.165) is 22.2 Å². The largest absolute Gasteiger partial charge is 0.389 e. The minimum Gasteiger partial charge on any atom is -0.389 e. The van der Waals surface area contributed by atoms with Gasteiger partial charge < -0.3 is 10.6 Å². The van der Waals surface area contributed by atoms with Crippen molar-refractivity contribution in [3.63, 3.8) is 0 Å². The summed E-state index contributed by atoms with van der Waals surface area (Å²) < 4.78 is 0.957. The first-order valence-corrected chi connectivity index (χ1v) is 8.41. The Kier molecular flexibility index (Phi) is 6.46. The third kappa shape index (κ3) is 3.87. The maximum atomic E-state index is 5.66. The highest BCUT2D eigenvalue weighted by atomic mass is 79.9. The van der Waals surface area contributed by atoms with Gasteiger partial charge in [-0.1, -0.05) is 19.1 Å². The van der Waals surface area contributed by atoms with E-state index in [1.165, 1.54) is 5.69 Å².